The fraction of sp³-hybridized carbons (Fsp3) is 0.968. The highest BCUT2D eigenvalue weighted by atomic mass is 16.8. The molecule has 0 aromatic carbocycles. The first kappa shape index (κ1) is 32.0. The summed E-state index contributed by atoms with van der Waals surface area (Å²) in [6, 6.07) is 0. The number of aliphatic hydroxyl groups excluding tert-OH is 6. The van der Waals surface area contributed by atoms with Crippen LogP contribution in [-0.4, -0.2) is 116 Å². The lowest BCUT2D eigenvalue weighted by atomic mass is 9.41. The Labute approximate surface area is 252 Å². The Bertz CT molecular complexity index is 1060. The lowest BCUT2D eigenvalue weighted by Gasteiger charge is -2.63. The third kappa shape index (κ3) is 4.99. The van der Waals surface area contributed by atoms with Crippen LogP contribution in [-0.2, 0) is 23.7 Å². The summed E-state index contributed by atoms with van der Waals surface area (Å²) in [5.74, 6) is 0.208. The van der Waals surface area contributed by atoms with Gasteiger partial charge >= 0.3 is 5.97 Å². The number of esters is 1. The Morgan fingerprint density at radius 1 is 0.884 bits per heavy atom. The minimum atomic E-state index is -1.69. The van der Waals surface area contributed by atoms with Gasteiger partial charge in [0, 0.05) is 0 Å². The van der Waals surface area contributed by atoms with Gasteiger partial charge in [-0.1, -0.05) is 13.3 Å². The average Bonchev–Trinajstić information content (AvgIpc) is 3.14. The Balaban J connectivity index is 1.23. The maximum absolute atomic E-state index is 14.2. The van der Waals surface area contributed by atoms with E-state index in [1.54, 1.807) is 0 Å². The maximum Gasteiger partial charge on any atom is 0.314 e. The Morgan fingerprint density at radius 3 is 2.35 bits per heavy atom. The first-order valence-corrected chi connectivity index (χ1v) is 16.0. The molecular weight excluding hydrogens is 564 g/mol. The number of rotatable bonds is 5. The van der Waals surface area contributed by atoms with Gasteiger partial charge in [0.1, 0.15) is 36.6 Å². The summed E-state index contributed by atoms with van der Waals surface area (Å²) in [5, 5.41) is 72.9. The van der Waals surface area contributed by atoms with E-state index in [9.17, 15) is 40.5 Å². The third-order valence-electron chi connectivity index (χ3n) is 12.7. The molecule has 1 spiro atoms. The zero-order chi connectivity index (χ0) is 31.1. The van der Waals surface area contributed by atoms with Crippen molar-refractivity contribution < 1.29 is 59.5 Å². The number of carbonyl (C=O) groups excluding carboxylic acids is 1. The van der Waals surface area contributed by atoms with Crippen molar-refractivity contribution in [2.75, 3.05) is 13.2 Å². The van der Waals surface area contributed by atoms with Crippen LogP contribution < -0.4 is 0 Å². The quantitative estimate of drug-likeness (QED) is 0.205. The number of fused-ring (bicyclic) bond motifs is 3. The van der Waals surface area contributed by atoms with Gasteiger partial charge < -0.3 is 54.7 Å². The SMILES string of the molecule is CC1(O)CC23CCC4C(C)(C(=O)OC5OC(CO)C(O)C(O)C5OC5OCC(O)C(O)C5O)CCCC4(C)C2CCC1C3. The number of hydrogen-bond donors (Lipinski definition) is 7. The van der Waals surface area contributed by atoms with Gasteiger partial charge in [-0.15, -0.1) is 0 Å². The van der Waals surface area contributed by atoms with Gasteiger partial charge in [-0.3, -0.25) is 4.79 Å². The highest BCUT2D eigenvalue weighted by Gasteiger charge is 2.68. The van der Waals surface area contributed by atoms with Crippen molar-refractivity contribution in [1.29, 1.82) is 0 Å². The molecule has 2 saturated heterocycles. The summed E-state index contributed by atoms with van der Waals surface area (Å²) in [4.78, 5) is 14.2. The van der Waals surface area contributed by atoms with Gasteiger partial charge in [-0.2, -0.15) is 0 Å². The summed E-state index contributed by atoms with van der Waals surface area (Å²) >= 11 is 0. The van der Waals surface area contributed by atoms with Gasteiger partial charge in [0.2, 0.25) is 6.29 Å². The lowest BCUT2D eigenvalue weighted by molar-refractivity contribution is -0.352. The molecule has 2 heterocycles. The third-order valence-corrected chi connectivity index (χ3v) is 12.7. The highest BCUT2D eigenvalue weighted by molar-refractivity contribution is 5.77. The predicted octanol–water partition coefficient (Wildman–Crippen LogP) is -0.0433. The van der Waals surface area contributed by atoms with E-state index in [1.165, 1.54) is 0 Å². The minimum absolute atomic E-state index is 0.0196. The molecule has 0 aromatic heterocycles. The van der Waals surface area contributed by atoms with Crippen LogP contribution in [0.5, 0.6) is 0 Å². The van der Waals surface area contributed by atoms with Crippen molar-refractivity contribution in [2.24, 2.45) is 34.0 Å². The first-order valence-electron chi connectivity index (χ1n) is 16.0. The molecule has 4 aliphatic carbocycles. The molecule has 12 heteroatoms. The van der Waals surface area contributed by atoms with Crippen molar-refractivity contribution in [3.05, 3.63) is 0 Å². The van der Waals surface area contributed by atoms with Gasteiger partial charge in [0.15, 0.2) is 12.4 Å². The van der Waals surface area contributed by atoms with Crippen LogP contribution in [0.4, 0.5) is 0 Å². The van der Waals surface area contributed by atoms with E-state index in [2.05, 4.69) is 6.92 Å². The van der Waals surface area contributed by atoms with Crippen LogP contribution in [0.2, 0.25) is 0 Å². The molecular formula is C31H50O12. The van der Waals surface area contributed by atoms with Crippen molar-refractivity contribution in [1.82, 2.24) is 0 Å². The normalized spacial score (nSPS) is 56.6. The van der Waals surface area contributed by atoms with E-state index in [0.717, 1.165) is 51.4 Å². The van der Waals surface area contributed by atoms with Crippen LogP contribution in [0.3, 0.4) is 0 Å². The zero-order valence-corrected chi connectivity index (χ0v) is 25.4. The minimum Gasteiger partial charge on any atom is -0.432 e. The molecule has 0 aromatic rings. The van der Waals surface area contributed by atoms with Crippen molar-refractivity contribution >= 4 is 5.97 Å². The second-order valence-electron chi connectivity index (χ2n) is 15.3. The monoisotopic (exact) mass is 614 g/mol. The smallest absolute Gasteiger partial charge is 0.314 e. The fourth-order valence-electron chi connectivity index (χ4n) is 10.6. The average molecular weight is 615 g/mol. The number of carbonyl (C=O) groups is 1. The van der Waals surface area contributed by atoms with Gasteiger partial charge in [-0.25, -0.2) is 0 Å². The molecule has 12 nitrogen and oxygen atoms in total. The Morgan fingerprint density at radius 2 is 1.63 bits per heavy atom. The van der Waals surface area contributed by atoms with E-state index in [0.29, 0.717) is 18.3 Å². The topological polar surface area (TPSA) is 196 Å². The predicted molar refractivity (Wildman–Crippen MR) is 148 cm³/mol. The van der Waals surface area contributed by atoms with Crippen LogP contribution in [0.1, 0.15) is 78.6 Å². The van der Waals surface area contributed by atoms with Gasteiger partial charge in [-0.05, 0) is 93.8 Å². The van der Waals surface area contributed by atoms with E-state index in [1.807, 2.05) is 13.8 Å². The fourth-order valence-corrected chi connectivity index (χ4v) is 10.6. The highest BCUT2D eigenvalue weighted by Crippen LogP contribution is 2.73. The molecule has 16 atom stereocenters. The summed E-state index contributed by atoms with van der Waals surface area (Å²) < 4.78 is 22.9. The second-order valence-corrected chi connectivity index (χ2v) is 15.3. The summed E-state index contributed by atoms with van der Waals surface area (Å²) in [7, 11) is 0. The Kier molecular flexibility index (Phi) is 8.27. The molecule has 2 bridgehead atoms. The van der Waals surface area contributed by atoms with E-state index in [-0.39, 0.29) is 23.4 Å². The van der Waals surface area contributed by atoms with Crippen molar-refractivity contribution in [2.45, 2.75) is 139 Å². The lowest BCUT2D eigenvalue weighted by Crippen LogP contribution is -2.64. The molecule has 0 amide bonds. The van der Waals surface area contributed by atoms with E-state index >= 15 is 0 Å². The number of hydrogen-bond acceptors (Lipinski definition) is 12. The largest absolute Gasteiger partial charge is 0.432 e. The molecule has 4 saturated carbocycles. The summed E-state index contributed by atoms with van der Waals surface area (Å²) in [6.45, 7) is 5.23. The van der Waals surface area contributed by atoms with Gasteiger partial charge in [0.05, 0.1) is 24.2 Å². The van der Waals surface area contributed by atoms with Crippen molar-refractivity contribution in [3.63, 3.8) is 0 Å². The summed E-state index contributed by atoms with van der Waals surface area (Å²) in [6.07, 6.45) is -5.67. The van der Waals surface area contributed by atoms with Crippen LogP contribution in [0.15, 0.2) is 0 Å². The van der Waals surface area contributed by atoms with Crippen LogP contribution >= 0.6 is 0 Å². The Hall–Kier alpha value is -0.930. The zero-order valence-electron chi connectivity index (χ0n) is 25.4. The molecule has 6 fully saturated rings. The molecule has 6 aliphatic rings. The van der Waals surface area contributed by atoms with Crippen molar-refractivity contribution in [3.8, 4) is 0 Å². The molecule has 43 heavy (non-hydrogen) atoms. The second kappa shape index (κ2) is 11.1. The molecule has 6 rings (SSSR count). The summed E-state index contributed by atoms with van der Waals surface area (Å²) in [5.41, 5.74) is -1.57. The standard InChI is InChI=1S/C31H50O12/c1-28-8-4-9-29(2,18(28)7-10-31-11-15(5-6-19(28)31)30(3,39)14-31)27(38)43-26-24(22(36)21(35)17(12-32)41-26)42-25-23(37)20(34)16(33)13-40-25/h15-26,32-37,39H,4-14H2,1-3H3. The molecule has 16 unspecified atom stereocenters. The number of aliphatic hydroxyl groups is 7. The number of ether oxygens (including phenoxy) is 4. The van der Waals surface area contributed by atoms with Crippen LogP contribution in [0, 0.1) is 34.0 Å². The molecule has 2 aliphatic heterocycles. The first-order chi connectivity index (χ1) is 20.2. The molecule has 246 valence electrons. The molecule has 7 N–H and O–H groups in total. The van der Waals surface area contributed by atoms with Gasteiger partial charge in [0.25, 0.3) is 0 Å². The molecule has 0 radical (unpaired) electrons. The van der Waals surface area contributed by atoms with Crippen LogP contribution in [0.25, 0.3) is 0 Å². The van der Waals surface area contributed by atoms with E-state index < -0.39 is 78.9 Å². The maximum atomic E-state index is 14.2. The van der Waals surface area contributed by atoms with E-state index in [4.69, 9.17) is 18.9 Å².